The van der Waals surface area contributed by atoms with Crippen LogP contribution in [0.3, 0.4) is 0 Å². The second-order valence-corrected chi connectivity index (χ2v) is 3.90. The van der Waals surface area contributed by atoms with Crippen LogP contribution < -0.4 is 5.32 Å². The molecule has 7 heteroatoms. The standard InChI is InChI=1S/C13H10N4O3/c18-12(10-4-2-6-19-10)15-8-11-16-17-13(20-11)9-3-1-5-14-7-9/h1-7H,8H2,(H,15,18). The van der Waals surface area contributed by atoms with E-state index in [2.05, 4.69) is 20.5 Å². The Kier molecular flexibility index (Phi) is 3.24. The van der Waals surface area contributed by atoms with Crippen molar-refractivity contribution in [2.45, 2.75) is 6.54 Å². The molecule has 0 bridgehead atoms. The molecule has 0 aliphatic heterocycles. The number of rotatable bonds is 4. The lowest BCUT2D eigenvalue weighted by molar-refractivity contribution is 0.0919. The zero-order valence-corrected chi connectivity index (χ0v) is 10.3. The van der Waals surface area contributed by atoms with Gasteiger partial charge in [0.2, 0.25) is 11.8 Å². The summed E-state index contributed by atoms with van der Waals surface area (Å²) >= 11 is 0. The largest absolute Gasteiger partial charge is 0.459 e. The summed E-state index contributed by atoms with van der Waals surface area (Å²) < 4.78 is 10.4. The summed E-state index contributed by atoms with van der Waals surface area (Å²) in [6.45, 7) is 0.132. The topological polar surface area (TPSA) is 94.1 Å². The van der Waals surface area contributed by atoms with E-state index in [9.17, 15) is 4.79 Å². The van der Waals surface area contributed by atoms with E-state index >= 15 is 0 Å². The van der Waals surface area contributed by atoms with Crippen molar-refractivity contribution in [2.75, 3.05) is 0 Å². The van der Waals surface area contributed by atoms with Gasteiger partial charge in [0.05, 0.1) is 18.4 Å². The molecule has 7 nitrogen and oxygen atoms in total. The number of nitrogens with zero attached hydrogens (tertiary/aromatic N) is 3. The van der Waals surface area contributed by atoms with Gasteiger partial charge in [-0.1, -0.05) is 0 Å². The van der Waals surface area contributed by atoms with Crippen LogP contribution in [0.1, 0.15) is 16.4 Å². The molecule has 1 N–H and O–H groups in total. The summed E-state index contributed by atoms with van der Waals surface area (Å²) in [5.41, 5.74) is 0.726. The average molecular weight is 270 g/mol. The zero-order valence-electron chi connectivity index (χ0n) is 10.3. The molecule has 3 aromatic heterocycles. The molecule has 0 aromatic carbocycles. The van der Waals surface area contributed by atoms with Gasteiger partial charge in [-0.3, -0.25) is 9.78 Å². The summed E-state index contributed by atoms with van der Waals surface area (Å²) in [4.78, 5) is 15.6. The van der Waals surface area contributed by atoms with Crippen molar-refractivity contribution < 1.29 is 13.6 Å². The number of aromatic nitrogens is 3. The number of carbonyl (C=O) groups is 1. The normalized spacial score (nSPS) is 10.4. The maximum atomic E-state index is 11.7. The summed E-state index contributed by atoms with van der Waals surface area (Å²) in [7, 11) is 0. The molecule has 0 aliphatic carbocycles. The molecular formula is C13H10N4O3. The Morgan fingerprint density at radius 2 is 2.20 bits per heavy atom. The van der Waals surface area contributed by atoms with Crippen LogP contribution in [0.5, 0.6) is 0 Å². The second-order valence-electron chi connectivity index (χ2n) is 3.90. The van der Waals surface area contributed by atoms with Crippen LogP contribution >= 0.6 is 0 Å². The lowest BCUT2D eigenvalue weighted by Crippen LogP contribution is -2.22. The third-order valence-corrected chi connectivity index (χ3v) is 2.52. The molecule has 20 heavy (non-hydrogen) atoms. The van der Waals surface area contributed by atoms with Crippen molar-refractivity contribution in [1.82, 2.24) is 20.5 Å². The third-order valence-electron chi connectivity index (χ3n) is 2.52. The molecule has 100 valence electrons. The van der Waals surface area contributed by atoms with Crippen molar-refractivity contribution >= 4 is 5.91 Å². The van der Waals surface area contributed by atoms with Crippen molar-refractivity contribution in [3.63, 3.8) is 0 Å². The SMILES string of the molecule is O=C(NCc1nnc(-c2cccnc2)o1)c1ccco1. The van der Waals surface area contributed by atoms with Crippen LogP contribution in [0, 0.1) is 0 Å². The molecular weight excluding hydrogens is 260 g/mol. The molecule has 3 aromatic rings. The zero-order chi connectivity index (χ0) is 13.8. The number of carbonyl (C=O) groups excluding carboxylic acids is 1. The Bertz CT molecular complexity index is 692. The number of hydrogen-bond acceptors (Lipinski definition) is 6. The van der Waals surface area contributed by atoms with Crippen LogP contribution in [0.4, 0.5) is 0 Å². The van der Waals surface area contributed by atoms with Crippen LogP contribution in [-0.2, 0) is 6.54 Å². The Morgan fingerprint density at radius 1 is 1.25 bits per heavy atom. The van der Waals surface area contributed by atoms with Crippen LogP contribution in [0.15, 0.2) is 51.8 Å². The van der Waals surface area contributed by atoms with E-state index < -0.39 is 0 Å². The van der Waals surface area contributed by atoms with E-state index in [0.717, 1.165) is 5.56 Å². The molecule has 3 heterocycles. The number of pyridine rings is 1. The predicted molar refractivity (Wildman–Crippen MR) is 67.4 cm³/mol. The molecule has 0 atom stereocenters. The molecule has 0 spiro atoms. The first-order valence-corrected chi connectivity index (χ1v) is 5.87. The number of amides is 1. The maximum absolute atomic E-state index is 11.7. The van der Waals surface area contributed by atoms with Gasteiger partial charge in [-0.25, -0.2) is 0 Å². The summed E-state index contributed by atoms with van der Waals surface area (Å²) in [5.74, 6) is 0.567. The number of furan rings is 1. The van der Waals surface area contributed by atoms with E-state index in [1.807, 2.05) is 6.07 Å². The van der Waals surface area contributed by atoms with Crippen molar-refractivity contribution in [3.05, 3.63) is 54.6 Å². The molecule has 0 aliphatic rings. The highest BCUT2D eigenvalue weighted by Gasteiger charge is 2.12. The highest BCUT2D eigenvalue weighted by Crippen LogP contribution is 2.15. The quantitative estimate of drug-likeness (QED) is 0.774. The molecule has 0 fully saturated rings. The smallest absolute Gasteiger partial charge is 0.287 e. The average Bonchev–Trinajstić information content (AvgIpc) is 3.17. The highest BCUT2D eigenvalue weighted by molar-refractivity contribution is 5.91. The fourth-order valence-electron chi connectivity index (χ4n) is 1.58. The first-order valence-electron chi connectivity index (χ1n) is 5.87. The number of nitrogens with one attached hydrogen (secondary N) is 1. The van der Waals surface area contributed by atoms with Gasteiger partial charge in [-0.2, -0.15) is 0 Å². The van der Waals surface area contributed by atoms with Crippen molar-refractivity contribution in [1.29, 1.82) is 0 Å². The Labute approximate surface area is 113 Å². The van der Waals surface area contributed by atoms with Crippen LogP contribution in [0.2, 0.25) is 0 Å². The molecule has 0 radical (unpaired) electrons. The maximum Gasteiger partial charge on any atom is 0.287 e. The first kappa shape index (κ1) is 12.1. The molecule has 0 saturated heterocycles. The van der Waals surface area contributed by atoms with Gasteiger partial charge in [-0.05, 0) is 24.3 Å². The van der Waals surface area contributed by atoms with Crippen LogP contribution in [0.25, 0.3) is 11.5 Å². The van der Waals surface area contributed by atoms with Gasteiger partial charge in [0.25, 0.3) is 5.91 Å². The molecule has 0 saturated carbocycles. The fraction of sp³-hybridized carbons (Fsp3) is 0.0769. The van der Waals surface area contributed by atoms with E-state index in [1.165, 1.54) is 6.26 Å². The van der Waals surface area contributed by atoms with Gasteiger partial charge in [0, 0.05) is 12.4 Å². The summed E-state index contributed by atoms with van der Waals surface area (Å²) in [6, 6.07) is 6.80. The van der Waals surface area contributed by atoms with E-state index in [-0.39, 0.29) is 18.2 Å². The Balaban J connectivity index is 1.65. The highest BCUT2D eigenvalue weighted by atomic mass is 16.4. The van der Waals surface area contributed by atoms with E-state index in [4.69, 9.17) is 8.83 Å². The second kappa shape index (κ2) is 5.35. The van der Waals surface area contributed by atoms with Gasteiger partial charge < -0.3 is 14.2 Å². The lowest BCUT2D eigenvalue weighted by atomic mass is 10.3. The third kappa shape index (κ3) is 2.56. The predicted octanol–water partition coefficient (Wildman–Crippen LogP) is 1.65. The molecule has 0 unspecified atom stereocenters. The van der Waals surface area contributed by atoms with Crippen molar-refractivity contribution in [3.8, 4) is 11.5 Å². The fourth-order valence-corrected chi connectivity index (χ4v) is 1.58. The van der Waals surface area contributed by atoms with Crippen molar-refractivity contribution in [2.24, 2.45) is 0 Å². The minimum absolute atomic E-state index is 0.132. The first-order chi connectivity index (χ1) is 9.83. The van der Waals surface area contributed by atoms with Gasteiger partial charge in [0.15, 0.2) is 5.76 Å². The number of hydrogen-bond donors (Lipinski definition) is 1. The summed E-state index contributed by atoms with van der Waals surface area (Å²) in [5, 5.41) is 10.4. The van der Waals surface area contributed by atoms with Crippen LogP contribution in [-0.4, -0.2) is 21.1 Å². The van der Waals surface area contributed by atoms with E-state index in [0.29, 0.717) is 11.8 Å². The van der Waals surface area contributed by atoms with Gasteiger partial charge in [-0.15, -0.1) is 10.2 Å². The molecule has 1 amide bonds. The Morgan fingerprint density at radius 3 is 2.95 bits per heavy atom. The van der Waals surface area contributed by atoms with Gasteiger partial charge in [0.1, 0.15) is 0 Å². The molecule has 3 rings (SSSR count). The Hall–Kier alpha value is -2.96. The lowest BCUT2D eigenvalue weighted by Gasteiger charge is -1.98. The van der Waals surface area contributed by atoms with E-state index in [1.54, 1.807) is 30.6 Å². The minimum Gasteiger partial charge on any atom is -0.459 e. The van der Waals surface area contributed by atoms with Gasteiger partial charge >= 0.3 is 0 Å². The summed E-state index contributed by atoms with van der Waals surface area (Å²) in [6.07, 6.45) is 4.71. The minimum atomic E-state index is -0.337. The monoisotopic (exact) mass is 270 g/mol.